The first-order chi connectivity index (χ1) is 22.8. The molecule has 0 radical (unpaired) electrons. The molecule has 1 aromatic rings. The highest BCUT2D eigenvalue weighted by Crippen LogP contribution is 2.58. The van der Waals surface area contributed by atoms with Crippen molar-refractivity contribution in [3.8, 4) is 0 Å². The summed E-state index contributed by atoms with van der Waals surface area (Å²) < 4.78 is 18.4. The number of ether oxygens (including phenoxy) is 3. The van der Waals surface area contributed by atoms with Crippen LogP contribution in [0, 0.1) is 11.8 Å². The van der Waals surface area contributed by atoms with Gasteiger partial charge in [-0.15, -0.1) is 0 Å². The monoisotopic (exact) mass is 714 g/mol. The van der Waals surface area contributed by atoms with Gasteiger partial charge in [0.2, 0.25) is 17.7 Å². The van der Waals surface area contributed by atoms with Crippen LogP contribution in [0.2, 0.25) is 0 Å². The molecule has 6 rings (SSSR count). The highest BCUT2D eigenvalue weighted by Gasteiger charge is 2.74. The lowest BCUT2D eigenvalue weighted by molar-refractivity contribution is -0.148. The third kappa shape index (κ3) is 6.91. The van der Waals surface area contributed by atoms with Gasteiger partial charge in [-0.2, -0.15) is 0 Å². The van der Waals surface area contributed by atoms with Crippen LogP contribution in [0.3, 0.4) is 0 Å². The van der Waals surface area contributed by atoms with E-state index in [1.807, 2.05) is 48.6 Å². The molecular weight excluding hydrogens is 672 g/mol. The molecule has 1 spiro atoms. The Balaban J connectivity index is 1.37. The summed E-state index contributed by atoms with van der Waals surface area (Å²) in [5, 5.41) is 12.6. The van der Waals surface area contributed by atoms with E-state index >= 15 is 0 Å². The number of nitrogens with one attached hydrogen (secondary N) is 1. The molecule has 3 fully saturated rings. The normalized spacial score (nSPS) is 32.6. The van der Waals surface area contributed by atoms with Crippen LogP contribution < -0.4 is 5.32 Å². The van der Waals surface area contributed by atoms with Crippen molar-refractivity contribution in [3.63, 3.8) is 0 Å². The lowest BCUT2D eigenvalue weighted by atomic mass is 9.74. The van der Waals surface area contributed by atoms with E-state index in [1.54, 1.807) is 9.80 Å². The van der Waals surface area contributed by atoms with Crippen LogP contribution in [0.5, 0.6) is 0 Å². The van der Waals surface area contributed by atoms with Gasteiger partial charge in [-0.1, -0.05) is 58.4 Å². The number of esters is 1. The number of aliphatic hydroxyl groups excluding tert-OH is 1. The van der Waals surface area contributed by atoms with Crippen molar-refractivity contribution in [2.45, 2.75) is 49.5 Å². The van der Waals surface area contributed by atoms with Gasteiger partial charge in [0.1, 0.15) is 24.4 Å². The number of morpholine rings is 1. The third-order valence-corrected chi connectivity index (χ3v) is 10.5. The topological polar surface area (TPSA) is 138 Å². The van der Waals surface area contributed by atoms with E-state index in [-0.39, 0.29) is 44.5 Å². The largest absolute Gasteiger partial charge is 0.463 e. The Labute approximate surface area is 283 Å². The first-order valence-corrected chi connectivity index (χ1v) is 17.4. The Morgan fingerprint density at radius 2 is 1.77 bits per heavy atom. The standard InChI is InChI=1S/C34H43BrN4O8/c35-24-21-34-28-27(29(24)47-34)31(42)36-25(23-9-3-1-4-10-23)22-46-26(41)11-5-2-6-12-38(15-14-37-16-19-45-20-17-37)33(44)30(34)39(32(28)43)13-7-8-18-40/h1-4,6,9-10,21,25,27-30,40H,5,7-8,11-20,22H2,(H,36,42)/b6-2-/t25-,27-,28+,29-,30-,34+/m0/s1. The van der Waals surface area contributed by atoms with Crippen LogP contribution in [0.4, 0.5) is 0 Å². The number of likely N-dealkylation sites (tertiary alicyclic amines) is 1. The van der Waals surface area contributed by atoms with E-state index in [9.17, 15) is 24.3 Å². The number of halogens is 1. The number of nitrogens with zero attached hydrogens (tertiary/aromatic N) is 3. The number of cyclic esters (lactones) is 1. The molecule has 0 saturated carbocycles. The van der Waals surface area contributed by atoms with Crippen LogP contribution in [0.1, 0.15) is 37.3 Å². The molecule has 6 atom stereocenters. The van der Waals surface area contributed by atoms with Crippen molar-refractivity contribution in [2.75, 3.05) is 65.7 Å². The van der Waals surface area contributed by atoms with Gasteiger partial charge in [-0.25, -0.2) is 0 Å². The number of hydrogen-bond acceptors (Lipinski definition) is 9. The second-order valence-electron chi connectivity index (χ2n) is 12.7. The number of benzene rings is 1. The molecule has 47 heavy (non-hydrogen) atoms. The van der Waals surface area contributed by atoms with Gasteiger partial charge in [-0.3, -0.25) is 24.1 Å². The Hall–Kier alpha value is -3.10. The SMILES string of the molecule is O=C1CC/C=C\CN(CCN2CCOCC2)C(=O)[C@@H]2N(CCCCO)C(=O)[C@H]3[C@H](C(=O)N[C@H](c4ccccc4)CO1)[C@H]1O[C@@]23C=C1Br. The molecule has 13 heteroatoms. The average molecular weight is 716 g/mol. The number of aliphatic hydroxyl groups is 1. The number of unbranched alkanes of at least 4 members (excludes halogenated alkanes) is 1. The van der Waals surface area contributed by atoms with Gasteiger partial charge in [0, 0.05) is 56.8 Å². The summed E-state index contributed by atoms with van der Waals surface area (Å²) in [5.74, 6) is -3.22. The quantitative estimate of drug-likeness (QED) is 0.233. The summed E-state index contributed by atoms with van der Waals surface area (Å²) in [5.41, 5.74) is -0.588. The second kappa shape index (κ2) is 15.0. The van der Waals surface area contributed by atoms with Crippen LogP contribution in [0.15, 0.2) is 53.0 Å². The molecule has 5 heterocycles. The summed E-state index contributed by atoms with van der Waals surface area (Å²) in [7, 11) is 0. The van der Waals surface area contributed by atoms with Crippen molar-refractivity contribution >= 4 is 39.6 Å². The number of carbonyl (C=O) groups excluding carboxylic acids is 4. The predicted octanol–water partition coefficient (Wildman–Crippen LogP) is 1.54. The van der Waals surface area contributed by atoms with Gasteiger partial charge in [0.15, 0.2) is 0 Å². The summed E-state index contributed by atoms with van der Waals surface area (Å²) in [6.45, 7) is 4.27. The number of carbonyl (C=O) groups is 4. The molecular formula is C34H43BrN4O8. The molecule has 5 aliphatic rings. The molecule has 5 aliphatic heterocycles. The summed E-state index contributed by atoms with van der Waals surface area (Å²) >= 11 is 3.62. The van der Waals surface area contributed by atoms with Gasteiger partial charge >= 0.3 is 5.97 Å². The van der Waals surface area contributed by atoms with E-state index in [0.29, 0.717) is 50.0 Å². The van der Waals surface area contributed by atoms with E-state index < -0.39 is 47.5 Å². The molecule has 0 aliphatic carbocycles. The zero-order chi connectivity index (χ0) is 33.0. The van der Waals surface area contributed by atoms with Crippen LogP contribution >= 0.6 is 15.9 Å². The number of amides is 3. The number of allylic oxidation sites excluding steroid dienone is 1. The van der Waals surface area contributed by atoms with Gasteiger partial charge < -0.3 is 34.4 Å². The zero-order valence-electron chi connectivity index (χ0n) is 26.4. The maximum Gasteiger partial charge on any atom is 0.306 e. The fourth-order valence-corrected chi connectivity index (χ4v) is 8.16. The maximum atomic E-state index is 14.8. The molecule has 1 aromatic carbocycles. The van der Waals surface area contributed by atoms with Crippen LogP contribution in [-0.4, -0.2) is 127 Å². The zero-order valence-corrected chi connectivity index (χ0v) is 28.0. The van der Waals surface area contributed by atoms with Gasteiger partial charge in [-0.05, 0) is 30.9 Å². The van der Waals surface area contributed by atoms with Gasteiger partial charge in [0.25, 0.3) is 0 Å². The molecule has 0 aromatic heterocycles. The highest BCUT2D eigenvalue weighted by atomic mass is 79.9. The number of fused-ring (bicyclic) bond motifs is 2. The van der Waals surface area contributed by atoms with E-state index in [1.165, 1.54) is 0 Å². The minimum Gasteiger partial charge on any atom is -0.463 e. The average Bonchev–Trinajstić information content (AvgIpc) is 3.67. The predicted molar refractivity (Wildman–Crippen MR) is 174 cm³/mol. The summed E-state index contributed by atoms with van der Waals surface area (Å²) in [6, 6.07) is 7.61. The number of rotatable bonds is 8. The Morgan fingerprint density at radius 3 is 2.53 bits per heavy atom. The van der Waals surface area contributed by atoms with Crippen molar-refractivity contribution in [3.05, 3.63) is 58.6 Å². The molecule has 3 amide bonds. The molecule has 254 valence electrons. The Kier molecular flexibility index (Phi) is 10.8. The molecule has 2 N–H and O–H groups in total. The maximum absolute atomic E-state index is 14.8. The van der Waals surface area contributed by atoms with Crippen LogP contribution in [0.25, 0.3) is 0 Å². The van der Waals surface area contributed by atoms with Crippen molar-refractivity contribution in [1.29, 1.82) is 0 Å². The number of hydrogen-bond donors (Lipinski definition) is 2. The fraction of sp³-hybridized carbons (Fsp3) is 0.588. The summed E-state index contributed by atoms with van der Waals surface area (Å²) in [4.78, 5) is 61.7. The lowest BCUT2D eigenvalue weighted by Gasteiger charge is -2.37. The van der Waals surface area contributed by atoms with E-state index in [2.05, 4.69) is 26.1 Å². The third-order valence-electron chi connectivity index (χ3n) is 9.81. The van der Waals surface area contributed by atoms with Crippen molar-refractivity contribution in [2.24, 2.45) is 11.8 Å². The molecule has 3 saturated heterocycles. The molecule has 5 bridgehead atoms. The first-order valence-electron chi connectivity index (χ1n) is 16.6. The highest BCUT2D eigenvalue weighted by molar-refractivity contribution is 9.11. The van der Waals surface area contributed by atoms with E-state index in [0.717, 1.165) is 18.7 Å². The molecule has 12 nitrogen and oxygen atoms in total. The second-order valence-corrected chi connectivity index (χ2v) is 13.6. The fourth-order valence-electron chi connectivity index (χ4n) is 7.42. The van der Waals surface area contributed by atoms with Gasteiger partial charge in [0.05, 0.1) is 31.1 Å². The van der Waals surface area contributed by atoms with E-state index in [4.69, 9.17) is 14.2 Å². The van der Waals surface area contributed by atoms with Crippen LogP contribution in [-0.2, 0) is 33.4 Å². The first kappa shape index (κ1) is 33.8. The smallest absolute Gasteiger partial charge is 0.306 e. The Morgan fingerprint density at radius 1 is 0.979 bits per heavy atom. The van der Waals surface area contributed by atoms with Crippen molar-refractivity contribution < 1.29 is 38.5 Å². The Bertz CT molecular complexity index is 1390. The van der Waals surface area contributed by atoms with Crippen molar-refractivity contribution in [1.82, 2.24) is 20.0 Å². The minimum atomic E-state index is -1.34. The lowest BCUT2D eigenvalue weighted by Crippen LogP contribution is -2.57. The summed E-state index contributed by atoms with van der Waals surface area (Å²) in [6.07, 6.45) is 6.36. The minimum absolute atomic E-state index is 0.0355. The molecule has 0 unspecified atom stereocenters.